The van der Waals surface area contributed by atoms with E-state index < -0.39 is 0 Å². The van der Waals surface area contributed by atoms with Crippen LogP contribution in [0.3, 0.4) is 0 Å². The monoisotopic (exact) mass is 256 g/mol. The average molecular weight is 256 g/mol. The van der Waals surface area contributed by atoms with Crippen LogP contribution < -0.4 is 0 Å². The van der Waals surface area contributed by atoms with Gasteiger partial charge in [0.05, 0.1) is 4.75 Å². The number of ketones is 1. The second-order valence-electron chi connectivity index (χ2n) is 4.51. The number of thioether (sulfide) groups is 1. The summed E-state index contributed by atoms with van der Waals surface area (Å²) in [5, 5.41) is 0. The van der Waals surface area contributed by atoms with Crippen LogP contribution in [-0.2, 0) is 0 Å². The Kier molecular flexibility index (Phi) is 4.51. The molecule has 0 saturated heterocycles. The molecule has 16 heavy (non-hydrogen) atoms. The van der Waals surface area contributed by atoms with Crippen LogP contribution in [0.2, 0.25) is 0 Å². The lowest BCUT2D eigenvalue weighted by molar-refractivity contribution is 0.0957. The van der Waals surface area contributed by atoms with Gasteiger partial charge in [-0.15, -0.1) is 11.8 Å². The first-order valence-corrected chi connectivity index (χ1v) is 8.72. The molecule has 1 aromatic carbocycles. The van der Waals surface area contributed by atoms with Crippen molar-refractivity contribution in [3.63, 3.8) is 0 Å². The van der Waals surface area contributed by atoms with Crippen LogP contribution in [0.5, 0.6) is 0 Å². The molecular weight excluding hydrogens is 236 g/mol. The number of hydrogen-bond acceptors (Lipinski definition) is 2. The quantitative estimate of drug-likeness (QED) is 0.503. The summed E-state index contributed by atoms with van der Waals surface area (Å²) >= 11 is 1.70. The second kappa shape index (κ2) is 5.28. The molecule has 0 aliphatic carbocycles. The molecule has 0 N–H and O–H groups in total. The maximum atomic E-state index is 12.3. The van der Waals surface area contributed by atoms with Crippen molar-refractivity contribution in [2.24, 2.45) is 0 Å². The third-order valence-corrected chi connectivity index (χ3v) is 6.21. The molecule has 0 radical (unpaired) electrons. The molecule has 1 nitrogen and oxygen atoms in total. The molecule has 3 heteroatoms. The van der Waals surface area contributed by atoms with Crippen molar-refractivity contribution >= 4 is 28.4 Å². The summed E-state index contributed by atoms with van der Waals surface area (Å²) in [5.41, 5.74) is 0.832. The minimum atomic E-state index is -0.273. The molecule has 1 rings (SSSR count). The normalized spacial score (nSPS) is 12.4. The van der Waals surface area contributed by atoms with Gasteiger partial charge in [0.2, 0.25) is 0 Å². The Hall–Kier alpha value is -0.410. The minimum Gasteiger partial charge on any atom is -0.293 e. The zero-order valence-electron chi connectivity index (χ0n) is 10.6. The van der Waals surface area contributed by atoms with E-state index in [0.717, 1.165) is 5.56 Å². The molecule has 0 heterocycles. The van der Waals surface area contributed by atoms with Gasteiger partial charge < -0.3 is 0 Å². The van der Waals surface area contributed by atoms with Gasteiger partial charge in [-0.05, 0) is 44.7 Å². The molecule has 0 aliphatic heterocycles. The van der Waals surface area contributed by atoms with Crippen LogP contribution >= 0.6 is 22.7 Å². The standard InChI is InChI=1S/C13H20OS2/c1-13(2,16(4)5)12(14)10-6-8-11(15-3)9-7-10/h6-9,16H,1-5H3. The maximum Gasteiger partial charge on any atom is 0.176 e. The fourth-order valence-corrected chi connectivity index (χ4v) is 2.24. The lowest BCUT2D eigenvalue weighted by atomic mass is 10.0. The molecular formula is C13H20OS2. The lowest BCUT2D eigenvalue weighted by Gasteiger charge is -2.30. The number of Topliss-reactive ketones (excluding diaryl/α,β-unsaturated/α-hetero) is 1. The summed E-state index contributed by atoms with van der Waals surface area (Å²) in [6, 6.07) is 7.91. The van der Waals surface area contributed by atoms with E-state index in [4.69, 9.17) is 0 Å². The van der Waals surface area contributed by atoms with Gasteiger partial charge in [0, 0.05) is 10.5 Å². The van der Waals surface area contributed by atoms with Gasteiger partial charge in [-0.2, -0.15) is 0 Å². The Morgan fingerprint density at radius 1 is 1.19 bits per heavy atom. The molecule has 0 amide bonds. The predicted octanol–water partition coefficient (Wildman–Crippen LogP) is 3.63. The van der Waals surface area contributed by atoms with E-state index >= 15 is 0 Å². The van der Waals surface area contributed by atoms with Gasteiger partial charge in [-0.1, -0.05) is 12.1 Å². The van der Waals surface area contributed by atoms with Crippen molar-refractivity contribution in [2.45, 2.75) is 23.5 Å². The van der Waals surface area contributed by atoms with Gasteiger partial charge in [0.15, 0.2) is 5.78 Å². The average Bonchev–Trinajstić information content (AvgIpc) is 2.28. The molecule has 0 aromatic heterocycles. The van der Waals surface area contributed by atoms with Gasteiger partial charge in [0.25, 0.3) is 0 Å². The molecule has 0 aliphatic rings. The van der Waals surface area contributed by atoms with Crippen LogP contribution in [0, 0.1) is 0 Å². The number of hydrogen-bond donors (Lipinski definition) is 1. The van der Waals surface area contributed by atoms with Crippen molar-refractivity contribution in [2.75, 3.05) is 18.8 Å². The second-order valence-corrected chi connectivity index (χ2v) is 8.30. The Labute approximate surface area is 105 Å². The zero-order valence-corrected chi connectivity index (χ0v) is 12.3. The highest BCUT2D eigenvalue weighted by atomic mass is 32.2. The third-order valence-electron chi connectivity index (χ3n) is 3.03. The number of carbonyl (C=O) groups is 1. The fraction of sp³-hybridized carbons (Fsp3) is 0.462. The highest BCUT2D eigenvalue weighted by Gasteiger charge is 2.29. The van der Waals surface area contributed by atoms with Crippen molar-refractivity contribution < 1.29 is 4.79 Å². The van der Waals surface area contributed by atoms with E-state index in [1.165, 1.54) is 4.90 Å². The van der Waals surface area contributed by atoms with Crippen molar-refractivity contribution in [3.05, 3.63) is 29.8 Å². The van der Waals surface area contributed by atoms with Crippen molar-refractivity contribution in [1.29, 1.82) is 0 Å². The van der Waals surface area contributed by atoms with Gasteiger partial charge in [-0.3, -0.25) is 4.79 Å². The first kappa shape index (κ1) is 13.7. The Balaban J connectivity index is 2.97. The molecule has 0 atom stereocenters. The van der Waals surface area contributed by atoms with Crippen LogP contribution in [0.25, 0.3) is 0 Å². The molecule has 0 bridgehead atoms. The van der Waals surface area contributed by atoms with Crippen LogP contribution in [-0.4, -0.2) is 29.3 Å². The van der Waals surface area contributed by atoms with Crippen LogP contribution in [0.1, 0.15) is 24.2 Å². The molecule has 1 aromatic rings. The Bertz CT molecular complexity index is 366. The zero-order chi connectivity index (χ0) is 12.3. The SMILES string of the molecule is CSc1ccc(C(=O)C(C)(C)[SH](C)C)cc1. The highest BCUT2D eigenvalue weighted by molar-refractivity contribution is 8.17. The summed E-state index contributed by atoms with van der Waals surface area (Å²) in [7, 11) is -0.273. The van der Waals surface area contributed by atoms with Crippen molar-refractivity contribution in [3.8, 4) is 0 Å². The van der Waals surface area contributed by atoms with Crippen molar-refractivity contribution in [1.82, 2.24) is 0 Å². The van der Waals surface area contributed by atoms with E-state index in [9.17, 15) is 4.79 Å². The summed E-state index contributed by atoms with van der Waals surface area (Å²) in [6.07, 6.45) is 6.35. The molecule has 0 unspecified atom stereocenters. The fourth-order valence-electron chi connectivity index (χ4n) is 1.30. The van der Waals surface area contributed by atoms with Gasteiger partial charge in [0.1, 0.15) is 0 Å². The number of thiol groups is 1. The summed E-state index contributed by atoms with van der Waals surface area (Å²) < 4.78 is -0.226. The van der Waals surface area contributed by atoms with Crippen LogP contribution in [0.4, 0.5) is 0 Å². The molecule has 0 fully saturated rings. The molecule has 0 saturated carbocycles. The minimum absolute atomic E-state index is 0.226. The maximum absolute atomic E-state index is 12.3. The predicted molar refractivity (Wildman–Crippen MR) is 77.5 cm³/mol. The summed E-state index contributed by atoms with van der Waals surface area (Å²) in [5.74, 6) is 0.260. The topological polar surface area (TPSA) is 17.1 Å². The largest absolute Gasteiger partial charge is 0.293 e. The van der Waals surface area contributed by atoms with Gasteiger partial charge >= 0.3 is 0 Å². The molecule has 0 spiro atoms. The molecule has 90 valence electrons. The van der Waals surface area contributed by atoms with E-state index in [0.29, 0.717) is 0 Å². The highest BCUT2D eigenvalue weighted by Crippen LogP contribution is 2.37. The first-order chi connectivity index (χ1) is 7.39. The van der Waals surface area contributed by atoms with E-state index in [1.54, 1.807) is 11.8 Å². The van der Waals surface area contributed by atoms with E-state index in [1.807, 2.05) is 44.4 Å². The number of benzene rings is 1. The van der Waals surface area contributed by atoms with E-state index in [-0.39, 0.29) is 21.4 Å². The number of rotatable bonds is 4. The smallest absolute Gasteiger partial charge is 0.176 e. The lowest BCUT2D eigenvalue weighted by Crippen LogP contribution is -2.31. The summed E-state index contributed by atoms with van der Waals surface area (Å²) in [6.45, 7) is 4.09. The Morgan fingerprint density at radius 3 is 2.06 bits per heavy atom. The van der Waals surface area contributed by atoms with E-state index in [2.05, 4.69) is 12.5 Å². The van der Waals surface area contributed by atoms with Gasteiger partial charge in [-0.25, -0.2) is 10.9 Å². The first-order valence-electron chi connectivity index (χ1n) is 5.26. The number of carbonyl (C=O) groups excluding carboxylic acids is 1. The third kappa shape index (κ3) is 2.83. The van der Waals surface area contributed by atoms with Crippen LogP contribution in [0.15, 0.2) is 29.2 Å². The Morgan fingerprint density at radius 2 is 1.69 bits per heavy atom. The summed E-state index contributed by atoms with van der Waals surface area (Å²) in [4.78, 5) is 13.5.